The fourth-order valence-corrected chi connectivity index (χ4v) is 1.82. The van der Waals surface area contributed by atoms with Gasteiger partial charge in [-0.2, -0.15) is 0 Å². The lowest BCUT2D eigenvalue weighted by Crippen LogP contribution is -1.89. The Hall–Kier alpha value is -0.280. The summed E-state index contributed by atoms with van der Waals surface area (Å²) in [6.45, 7) is 1.97. The van der Waals surface area contributed by atoms with Gasteiger partial charge in [0.25, 0.3) is 0 Å². The molecular formula is C8H11ClN2S. The minimum Gasteiger partial charge on any atom is -0.231 e. The quantitative estimate of drug-likeness (QED) is 0.325. The zero-order valence-corrected chi connectivity index (χ0v) is 8.53. The average Bonchev–Trinajstić information content (AvgIpc) is 2.05. The van der Waals surface area contributed by atoms with Crippen LogP contribution in [0.5, 0.6) is 0 Å². The van der Waals surface area contributed by atoms with Crippen LogP contribution in [0.2, 0.25) is 0 Å². The summed E-state index contributed by atoms with van der Waals surface area (Å²) in [6.07, 6.45) is 2.79. The molecule has 2 nitrogen and oxygen atoms in total. The second kappa shape index (κ2) is 5.38. The number of hydrogen-bond acceptors (Lipinski definition) is 3. The molecule has 1 heterocycles. The van der Waals surface area contributed by atoms with Crippen LogP contribution in [0.3, 0.4) is 0 Å². The molecule has 0 saturated carbocycles. The Kier molecular flexibility index (Phi) is 4.40. The van der Waals surface area contributed by atoms with Crippen LogP contribution in [0, 0.1) is 6.92 Å². The van der Waals surface area contributed by atoms with Crippen molar-refractivity contribution in [3.05, 3.63) is 18.0 Å². The van der Waals surface area contributed by atoms with E-state index in [9.17, 15) is 0 Å². The van der Waals surface area contributed by atoms with E-state index in [1.165, 1.54) is 0 Å². The highest BCUT2D eigenvalue weighted by Crippen LogP contribution is 2.13. The number of nitrogens with zero attached hydrogens (tertiary/aromatic N) is 2. The van der Waals surface area contributed by atoms with Crippen molar-refractivity contribution in [2.75, 3.05) is 11.6 Å². The van der Waals surface area contributed by atoms with Gasteiger partial charge in [0, 0.05) is 23.5 Å². The van der Waals surface area contributed by atoms with E-state index in [1.807, 2.05) is 13.0 Å². The van der Waals surface area contributed by atoms with Gasteiger partial charge in [0.15, 0.2) is 5.16 Å². The van der Waals surface area contributed by atoms with Crippen LogP contribution in [0.1, 0.15) is 12.1 Å². The molecule has 0 radical (unpaired) electrons. The summed E-state index contributed by atoms with van der Waals surface area (Å²) in [5.41, 5.74) is 1.01. The summed E-state index contributed by atoms with van der Waals surface area (Å²) in [7, 11) is 0. The third-order valence-electron chi connectivity index (χ3n) is 1.28. The van der Waals surface area contributed by atoms with Crippen LogP contribution in [0.4, 0.5) is 0 Å². The minimum atomic E-state index is 0.707. The predicted molar refractivity (Wildman–Crippen MR) is 52.8 cm³/mol. The Morgan fingerprint density at radius 2 is 2.42 bits per heavy atom. The van der Waals surface area contributed by atoms with Gasteiger partial charge in [-0.1, -0.05) is 11.8 Å². The van der Waals surface area contributed by atoms with Crippen molar-refractivity contribution in [3.8, 4) is 0 Å². The smallest absolute Gasteiger partial charge is 0.187 e. The summed E-state index contributed by atoms with van der Waals surface area (Å²) >= 11 is 7.20. The van der Waals surface area contributed by atoms with Crippen molar-refractivity contribution in [1.82, 2.24) is 9.97 Å². The molecule has 1 aromatic rings. The molecule has 0 aliphatic heterocycles. The topological polar surface area (TPSA) is 25.8 Å². The second-order valence-electron chi connectivity index (χ2n) is 2.37. The highest BCUT2D eigenvalue weighted by molar-refractivity contribution is 7.99. The number of aryl methyl sites for hydroxylation is 1. The van der Waals surface area contributed by atoms with Crippen LogP contribution < -0.4 is 0 Å². The SMILES string of the molecule is Cc1ccnc(SCCCCl)n1. The van der Waals surface area contributed by atoms with Gasteiger partial charge in [0.05, 0.1) is 0 Å². The molecule has 0 atom stereocenters. The van der Waals surface area contributed by atoms with E-state index in [4.69, 9.17) is 11.6 Å². The first-order valence-corrected chi connectivity index (χ1v) is 5.33. The number of alkyl halides is 1. The van der Waals surface area contributed by atoms with E-state index in [1.54, 1.807) is 18.0 Å². The van der Waals surface area contributed by atoms with Crippen molar-refractivity contribution in [2.24, 2.45) is 0 Å². The van der Waals surface area contributed by atoms with Crippen LogP contribution in [0.15, 0.2) is 17.4 Å². The number of rotatable bonds is 4. The molecular weight excluding hydrogens is 192 g/mol. The fourth-order valence-electron chi connectivity index (χ4n) is 0.713. The van der Waals surface area contributed by atoms with Crippen molar-refractivity contribution in [2.45, 2.75) is 18.5 Å². The van der Waals surface area contributed by atoms with Gasteiger partial charge < -0.3 is 0 Å². The molecule has 0 bridgehead atoms. The number of aromatic nitrogens is 2. The van der Waals surface area contributed by atoms with E-state index in [2.05, 4.69) is 9.97 Å². The first-order chi connectivity index (χ1) is 5.83. The first kappa shape index (κ1) is 9.81. The molecule has 0 aromatic carbocycles. The predicted octanol–water partition coefficient (Wildman–Crippen LogP) is 2.51. The molecule has 0 aliphatic rings. The van der Waals surface area contributed by atoms with E-state index in [0.717, 1.165) is 23.0 Å². The third kappa shape index (κ3) is 3.41. The van der Waals surface area contributed by atoms with Crippen LogP contribution in [0.25, 0.3) is 0 Å². The Labute approximate surface area is 81.8 Å². The standard InChI is InChI=1S/C8H11ClN2S/c1-7-3-5-10-8(11-7)12-6-2-4-9/h3,5H,2,4,6H2,1H3. The maximum Gasteiger partial charge on any atom is 0.187 e. The zero-order chi connectivity index (χ0) is 8.81. The van der Waals surface area contributed by atoms with E-state index >= 15 is 0 Å². The summed E-state index contributed by atoms with van der Waals surface area (Å²) in [6, 6.07) is 1.89. The van der Waals surface area contributed by atoms with E-state index in [-0.39, 0.29) is 0 Å². The highest BCUT2D eigenvalue weighted by Gasteiger charge is 1.96. The van der Waals surface area contributed by atoms with Gasteiger partial charge in [-0.3, -0.25) is 0 Å². The molecule has 4 heteroatoms. The van der Waals surface area contributed by atoms with E-state index in [0.29, 0.717) is 5.88 Å². The van der Waals surface area contributed by atoms with Crippen LogP contribution >= 0.6 is 23.4 Å². The van der Waals surface area contributed by atoms with Crippen LogP contribution in [-0.2, 0) is 0 Å². The molecule has 0 unspecified atom stereocenters. The van der Waals surface area contributed by atoms with Gasteiger partial charge in [-0.15, -0.1) is 11.6 Å². The maximum absolute atomic E-state index is 5.54. The molecule has 12 heavy (non-hydrogen) atoms. The maximum atomic E-state index is 5.54. The molecule has 1 aromatic heterocycles. The lowest BCUT2D eigenvalue weighted by molar-refractivity contribution is 0.929. The number of halogens is 1. The van der Waals surface area contributed by atoms with Crippen molar-refractivity contribution in [1.29, 1.82) is 0 Å². The van der Waals surface area contributed by atoms with Crippen LogP contribution in [-0.4, -0.2) is 21.6 Å². The molecule has 0 N–H and O–H groups in total. The molecule has 0 saturated heterocycles. The molecule has 0 fully saturated rings. The normalized spacial score (nSPS) is 10.2. The fraction of sp³-hybridized carbons (Fsp3) is 0.500. The Morgan fingerprint density at radius 1 is 1.58 bits per heavy atom. The van der Waals surface area contributed by atoms with E-state index < -0.39 is 0 Å². The summed E-state index contributed by atoms with van der Waals surface area (Å²) in [5, 5.41) is 0.847. The monoisotopic (exact) mass is 202 g/mol. The third-order valence-corrected chi connectivity index (χ3v) is 2.50. The van der Waals surface area contributed by atoms with Gasteiger partial charge in [-0.25, -0.2) is 9.97 Å². The largest absolute Gasteiger partial charge is 0.231 e. The summed E-state index contributed by atoms with van der Waals surface area (Å²) < 4.78 is 0. The molecule has 66 valence electrons. The van der Waals surface area contributed by atoms with Gasteiger partial charge >= 0.3 is 0 Å². The second-order valence-corrected chi connectivity index (χ2v) is 3.81. The molecule has 1 rings (SSSR count). The number of thioether (sulfide) groups is 1. The lowest BCUT2D eigenvalue weighted by atomic mass is 10.5. The highest BCUT2D eigenvalue weighted by atomic mass is 35.5. The summed E-state index contributed by atoms with van der Waals surface area (Å²) in [4.78, 5) is 8.37. The molecule has 0 aliphatic carbocycles. The first-order valence-electron chi connectivity index (χ1n) is 3.81. The van der Waals surface area contributed by atoms with Crippen molar-refractivity contribution in [3.63, 3.8) is 0 Å². The average molecular weight is 203 g/mol. The molecule has 0 spiro atoms. The summed E-state index contributed by atoms with van der Waals surface area (Å²) in [5.74, 6) is 1.70. The van der Waals surface area contributed by atoms with Gasteiger partial charge in [0.2, 0.25) is 0 Å². The van der Waals surface area contributed by atoms with Crippen molar-refractivity contribution < 1.29 is 0 Å². The zero-order valence-electron chi connectivity index (χ0n) is 6.96. The Bertz CT molecular complexity index is 242. The van der Waals surface area contributed by atoms with Crippen molar-refractivity contribution >= 4 is 23.4 Å². The minimum absolute atomic E-state index is 0.707. The molecule has 0 amide bonds. The Balaban J connectivity index is 2.41. The number of hydrogen-bond donors (Lipinski definition) is 0. The van der Waals surface area contributed by atoms with Gasteiger partial charge in [0.1, 0.15) is 0 Å². The lowest BCUT2D eigenvalue weighted by Gasteiger charge is -1.98. The van der Waals surface area contributed by atoms with Gasteiger partial charge in [-0.05, 0) is 19.4 Å². The Morgan fingerprint density at radius 3 is 3.08 bits per heavy atom.